The number of hydrogen-bond donors (Lipinski definition) is 0. The maximum absolute atomic E-state index is 12.6. The van der Waals surface area contributed by atoms with Gasteiger partial charge in [0.05, 0.1) is 0 Å². The lowest BCUT2D eigenvalue weighted by atomic mass is 10.0. The highest BCUT2D eigenvalue weighted by Gasteiger charge is 2.41. The van der Waals surface area contributed by atoms with Crippen molar-refractivity contribution >= 4 is 11.8 Å². The molecule has 0 radical (unpaired) electrons. The van der Waals surface area contributed by atoms with E-state index in [1.54, 1.807) is 30.3 Å². The second-order valence-corrected chi connectivity index (χ2v) is 4.67. The molecule has 0 aliphatic rings. The average molecular weight is 302 g/mol. The first kappa shape index (κ1) is 17.2. The van der Waals surface area contributed by atoms with Gasteiger partial charge in [0.2, 0.25) is 0 Å². The summed E-state index contributed by atoms with van der Waals surface area (Å²) in [6.07, 6.45) is -6.34. The molecule has 3 nitrogen and oxygen atoms in total. The first-order chi connectivity index (χ1) is 9.80. The highest BCUT2D eigenvalue weighted by atomic mass is 19.4. The molecule has 1 atom stereocenters. The maximum Gasteiger partial charge on any atom is 0.425 e. The monoisotopic (exact) mass is 302 g/mol. The van der Waals surface area contributed by atoms with Crippen molar-refractivity contribution in [1.82, 2.24) is 0 Å². The number of benzene rings is 1. The Morgan fingerprint density at radius 3 is 2.29 bits per heavy atom. The van der Waals surface area contributed by atoms with E-state index in [9.17, 15) is 22.8 Å². The summed E-state index contributed by atoms with van der Waals surface area (Å²) in [7, 11) is 0. The lowest BCUT2D eigenvalue weighted by Crippen LogP contribution is -2.33. The maximum atomic E-state index is 12.6. The van der Waals surface area contributed by atoms with E-state index in [0.717, 1.165) is 6.92 Å². The zero-order valence-corrected chi connectivity index (χ0v) is 11.7. The van der Waals surface area contributed by atoms with E-state index in [0.29, 0.717) is 12.0 Å². The lowest BCUT2D eigenvalue weighted by molar-refractivity contribution is -0.221. The van der Waals surface area contributed by atoms with Crippen molar-refractivity contribution in [1.29, 1.82) is 0 Å². The highest BCUT2D eigenvalue weighted by molar-refractivity contribution is 5.95. The van der Waals surface area contributed by atoms with Gasteiger partial charge in [-0.1, -0.05) is 30.3 Å². The smallest absolute Gasteiger partial charge is 0.425 e. The molecule has 0 saturated carbocycles. The van der Waals surface area contributed by atoms with Crippen molar-refractivity contribution in [3.05, 3.63) is 35.9 Å². The Labute approximate surface area is 121 Å². The van der Waals surface area contributed by atoms with Crippen LogP contribution in [0, 0.1) is 0 Å². The zero-order chi connectivity index (χ0) is 15.9. The summed E-state index contributed by atoms with van der Waals surface area (Å²) in [4.78, 5) is 22.4. The third kappa shape index (κ3) is 6.42. The number of rotatable bonds is 7. The minimum absolute atomic E-state index is 0.105. The quantitative estimate of drug-likeness (QED) is 0.435. The average Bonchev–Trinajstić information content (AvgIpc) is 2.41. The fourth-order valence-electron chi connectivity index (χ4n) is 1.87. The molecule has 0 saturated heterocycles. The third-order valence-corrected chi connectivity index (χ3v) is 2.89. The number of unbranched alkanes of at least 4 members (excludes halogenated alkanes) is 1. The largest absolute Gasteiger partial charge is 0.453 e. The molecular weight excluding hydrogens is 285 g/mol. The summed E-state index contributed by atoms with van der Waals surface area (Å²) in [6.45, 7) is 0.942. The molecule has 21 heavy (non-hydrogen) atoms. The van der Waals surface area contributed by atoms with Crippen molar-refractivity contribution in [2.75, 3.05) is 0 Å². The van der Waals surface area contributed by atoms with Gasteiger partial charge in [0.1, 0.15) is 0 Å². The molecule has 0 aromatic heterocycles. The summed E-state index contributed by atoms with van der Waals surface area (Å²) < 4.78 is 42.0. The van der Waals surface area contributed by atoms with E-state index in [-0.39, 0.29) is 25.0 Å². The molecule has 0 spiro atoms. The van der Waals surface area contributed by atoms with Crippen molar-refractivity contribution in [2.45, 2.75) is 44.9 Å². The van der Waals surface area contributed by atoms with Gasteiger partial charge in [-0.3, -0.25) is 9.59 Å². The summed E-state index contributed by atoms with van der Waals surface area (Å²) in [5.41, 5.74) is 0.546. The van der Waals surface area contributed by atoms with Crippen LogP contribution in [-0.4, -0.2) is 24.0 Å². The molecule has 0 aliphatic carbocycles. The number of carbonyl (C=O) groups excluding carboxylic acids is 2. The number of halogens is 3. The van der Waals surface area contributed by atoms with Crippen molar-refractivity contribution in [3.8, 4) is 0 Å². The second kappa shape index (κ2) is 7.81. The summed E-state index contributed by atoms with van der Waals surface area (Å²) in [5.74, 6) is -1.07. The molecule has 0 fully saturated rings. The SMILES string of the molecule is CC(=O)OC(CCCCC(=O)c1ccccc1)C(F)(F)F. The lowest BCUT2D eigenvalue weighted by Gasteiger charge is -2.19. The van der Waals surface area contributed by atoms with Crippen LogP contribution in [0.4, 0.5) is 13.2 Å². The van der Waals surface area contributed by atoms with E-state index >= 15 is 0 Å². The van der Waals surface area contributed by atoms with Crippen LogP contribution in [-0.2, 0) is 9.53 Å². The Hall–Kier alpha value is -1.85. The van der Waals surface area contributed by atoms with Crippen LogP contribution < -0.4 is 0 Å². The highest BCUT2D eigenvalue weighted by Crippen LogP contribution is 2.27. The Balaban J connectivity index is 2.38. The molecule has 1 rings (SSSR count). The van der Waals surface area contributed by atoms with Crippen molar-refractivity contribution in [3.63, 3.8) is 0 Å². The normalized spacial score (nSPS) is 12.8. The Kier molecular flexibility index (Phi) is 6.39. The van der Waals surface area contributed by atoms with E-state index < -0.39 is 18.2 Å². The van der Waals surface area contributed by atoms with Gasteiger partial charge in [-0.05, 0) is 19.3 Å². The van der Waals surface area contributed by atoms with Crippen LogP contribution in [0.3, 0.4) is 0 Å². The molecule has 0 N–H and O–H groups in total. The van der Waals surface area contributed by atoms with Gasteiger partial charge in [0, 0.05) is 18.9 Å². The van der Waals surface area contributed by atoms with Gasteiger partial charge >= 0.3 is 12.1 Å². The van der Waals surface area contributed by atoms with E-state index in [2.05, 4.69) is 4.74 Å². The Bertz CT molecular complexity index is 469. The van der Waals surface area contributed by atoms with Crippen LogP contribution >= 0.6 is 0 Å². The Morgan fingerprint density at radius 2 is 1.76 bits per heavy atom. The second-order valence-electron chi connectivity index (χ2n) is 4.67. The summed E-state index contributed by atoms with van der Waals surface area (Å²) in [5, 5.41) is 0. The van der Waals surface area contributed by atoms with Gasteiger partial charge in [-0.25, -0.2) is 0 Å². The van der Waals surface area contributed by atoms with Gasteiger partial charge in [0.15, 0.2) is 11.9 Å². The predicted octanol–water partition coefficient (Wildman–Crippen LogP) is 3.92. The van der Waals surface area contributed by atoms with Gasteiger partial charge in [-0.2, -0.15) is 13.2 Å². The van der Waals surface area contributed by atoms with E-state index in [4.69, 9.17) is 0 Å². The summed E-state index contributed by atoms with van der Waals surface area (Å²) >= 11 is 0. The van der Waals surface area contributed by atoms with Gasteiger partial charge in [-0.15, -0.1) is 0 Å². The predicted molar refractivity (Wildman–Crippen MR) is 70.8 cm³/mol. The molecule has 0 aliphatic heterocycles. The van der Waals surface area contributed by atoms with Crippen LogP contribution in [0.25, 0.3) is 0 Å². The molecule has 0 amide bonds. The fraction of sp³-hybridized carbons (Fsp3) is 0.467. The molecule has 116 valence electrons. The number of ether oxygens (including phenoxy) is 1. The van der Waals surface area contributed by atoms with E-state index in [1.807, 2.05) is 0 Å². The fourth-order valence-corrected chi connectivity index (χ4v) is 1.87. The molecule has 0 bridgehead atoms. The zero-order valence-electron chi connectivity index (χ0n) is 11.7. The molecule has 1 unspecified atom stereocenters. The molecule has 6 heteroatoms. The van der Waals surface area contributed by atoms with Crippen LogP contribution in [0.1, 0.15) is 43.0 Å². The molecule has 1 aromatic rings. The first-order valence-electron chi connectivity index (χ1n) is 6.63. The number of ketones is 1. The van der Waals surface area contributed by atoms with Crippen LogP contribution in [0.15, 0.2) is 30.3 Å². The molecule has 0 heterocycles. The Morgan fingerprint density at radius 1 is 1.14 bits per heavy atom. The minimum atomic E-state index is -4.57. The number of esters is 1. The summed E-state index contributed by atoms with van der Waals surface area (Å²) in [6, 6.07) is 8.57. The van der Waals surface area contributed by atoms with Crippen LogP contribution in [0.5, 0.6) is 0 Å². The third-order valence-electron chi connectivity index (χ3n) is 2.89. The molecular formula is C15H17F3O3. The van der Waals surface area contributed by atoms with Crippen molar-refractivity contribution in [2.24, 2.45) is 0 Å². The van der Waals surface area contributed by atoms with Gasteiger partial charge in [0.25, 0.3) is 0 Å². The number of Topliss-reactive ketones (excluding diaryl/α,β-unsaturated/α-hetero) is 1. The topological polar surface area (TPSA) is 43.4 Å². The number of carbonyl (C=O) groups is 2. The standard InChI is InChI=1S/C15H17F3O3/c1-11(19)21-14(15(16,17)18)10-6-5-9-13(20)12-7-3-2-4-8-12/h2-4,7-8,14H,5-6,9-10H2,1H3. The minimum Gasteiger partial charge on any atom is -0.453 e. The van der Waals surface area contributed by atoms with Crippen molar-refractivity contribution < 1.29 is 27.5 Å². The van der Waals surface area contributed by atoms with Gasteiger partial charge < -0.3 is 4.74 Å². The van der Waals surface area contributed by atoms with E-state index in [1.165, 1.54) is 0 Å². The number of alkyl halides is 3. The van der Waals surface area contributed by atoms with Crippen LogP contribution in [0.2, 0.25) is 0 Å². The molecule has 1 aromatic carbocycles. The number of hydrogen-bond acceptors (Lipinski definition) is 3. The first-order valence-corrected chi connectivity index (χ1v) is 6.63.